The monoisotopic (exact) mass is 432 g/mol. The van der Waals surface area contributed by atoms with E-state index >= 15 is 0 Å². The van der Waals surface area contributed by atoms with Gasteiger partial charge in [0.2, 0.25) is 29.1 Å². The van der Waals surface area contributed by atoms with Crippen molar-refractivity contribution in [1.82, 2.24) is 0 Å². The van der Waals surface area contributed by atoms with E-state index in [9.17, 15) is 22.0 Å². The minimum atomic E-state index is -2.30. The predicted octanol–water partition coefficient (Wildman–Crippen LogP) is 6.19. The Morgan fingerprint density at radius 1 is 0.548 bits per heavy atom. The SMILES string of the molecule is C=Cc1ccc(OB(Oc2ccc(C=C)cc2)Oc2c(F)c(F)c(F)c(F)c2F)cc1. The van der Waals surface area contributed by atoms with Crippen LogP contribution in [-0.2, 0) is 0 Å². The molecule has 3 nitrogen and oxygen atoms in total. The van der Waals surface area contributed by atoms with Crippen LogP contribution in [0.15, 0.2) is 61.7 Å². The smallest absolute Gasteiger partial charge is 0.490 e. The maximum absolute atomic E-state index is 14.1. The molecule has 0 bridgehead atoms. The molecule has 0 saturated carbocycles. The van der Waals surface area contributed by atoms with Gasteiger partial charge in [0.05, 0.1) is 0 Å². The van der Waals surface area contributed by atoms with E-state index in [1.165, 1.54) is 24.3 Å². The summed E-state index contributed by atoms with van der Waals surface area (Å²) in [6.07, 6.45) is 3.15. The first-order valence-electron chi connectivity index (χ1n) is 8.80. The molecular formula is C22H14BF5O3. The Hall–Kier alpha value is -3.75. The van der Waals surface area contributed by atoms with Crippen molar-refractivity contribution in [2.75, 3.05) is 0 Å². The largest absolute Gasteiger partial charge is 0.864 e. The van der Waals surface area contributed by atoms with Gasteiger partial charge in [-0.25, -0.2) is 13.2 Å². The summed E-state index contributed by atoms with van der Waals surface area (Å²) in [5.74, 6) is -12.2. The van der Waals surface area contributed by atoms with E-state index in [2.05, 4.69) is 13.2 Å². The molecule has 0 N–H and O–H groups in total. The highest BCUT2D eigenvalue weighted by Gasteiger charge is 2.36. The van der Waals surface area contributed by atoms with Crippen LogP contribution in [0.5, 0.6) is 17.2 Å². The van der Waals surface area contributed by atoms with Crippen LogP contribution in [0.2, 0.25) is 0 Å². The average Bonchev–Trinajstić information content (AvgIpc) is 2.80. The maximum atomic E-state index is 14.1. The Morgan fingerprint density at radius 3 is 1.26 bits per heavy atom. The van der Waals surface area contributed by atoms with Crippen molar-refractivity contribution in [2.24, 2.45) is 0 Å². The average molecular weight is 432 g/mol. The van der Waals surface area contributed by atoms with Gasteiger partial charge in [-0.1, -0.05) is 49.6 Å². The zero-order chi connectivity index (χ0) is 22.5. The number of halogens is 5. The van der Waals surface area contributed by atoms with Gasteiger partial charge in [-0.3, -0.25) is 0 Å². The standard InChI is InChI=1S/C22H14BF5O3/c1-3-13-5-9-15(10-6-13)29-23(30-16-11-7-14(4-2)8-12-16)31-22-20(27)18(25)17(24)19(26)21(22)28/h3-12H,1-2H2. The van der Waals surface area contributed by atoms with E-state index in [4.69, 9.17) is 14.0 Å². The molecule has 158 valence electrons. The van der Waals surface area contributed by atoms with Crippen molar-refractivity contribution < 1.29 is 35.9 Å². The Kier molecular flexibility index (Phi) is 6.64. The van der Waals surface area contributed by atoms with Crippen molar-refractivity contribution >= 4 is 19.5 Å². The molecule has 0 radical (unpaired) electrons. The summed E-state index contributed by atoms with van der Waals surface area (Å²) in [5, 5.41) is 0. The molecule has 0 heterocycles. The van der Waals surface area contributed by atoms with Crippen molar-refractivity contribution in [2.45, 2.75) is 0 Å². The van der Waals surface area contributed by atoms with Gasteiger partial charge in [-0.05, 0) is 35.4 Å². The highest BCUT2D eigenvalue weighted by atomic mass is 19.2. The Balaban J connectivity index is 1.94. The zero-order valence-corrected chi connectivity index (χ0v) is 15.9. The quantitative estimate of drug-likeness (QED) is 0.184. The van der Waals surface area contributed by atoms with Gasteiger partial charge < -0.3 is 14.0 Å². The highest BCUT2D eigenvalue weighted by Crippen LogP contribution is 2.30. The first-order chi connectivity index (χ1) is 14.8. The number of rotatable bonds is 8. The molecular weight excluding hydrogens is 418 g/mol. The zero-order valence-electron chi connectivity index (χ0n) is 15.9. The Labute approximate surface area is 175 Å². The molecule has 0 aromatic heterocycles. The summed E-state index contributed by atoms with van der Waals surface area (Å²) in [5.41, 5.74) is 1.51. The lowest BCUT2D eigenvalue weighted by Crippen LogP contribution is -2.37. The van der Waals surface area contributed by atoms with Crippen LogP contribution in [0, 0.1) is 29.1 Å². The fraction of sp³-hybridized carbons (Fsp3) is 0. The second-order valence-corrected chi connectivity index (χ2v) is 6.09. The molecule has 0 amide bonds. The molecule has 0 spiro atoms. The van der Waals surface area contributed by atoms with Crippen LogP contribution in [0.4, 0.5) is 22.0 Å². The van der Waals surface area contributed by atoms with E-state index in [0.29, 0.717) is 0 Å². The van der Waals surface area contributed by atoms with Crippen molar-refractivity contribution in [1.29, 1.82) is 0 Å². The molecule has 9 heteroatoms. The van der Waals surface area contributed by atoms with E-state index < -0.39 is 42.2 Å². The van der Waals surface area contributed by atoms with Crippen molar-refractivity contribution in [3.8, 4) is 17.2 Å². The number of hydrogen-bond acceptors (Lipinski definition) is 3. The van der Waals surface area contributed by atoms with Crippen molar-refractivity contribution in [3.05, 3.63) is 102 Å². The molecule has 0 atom stereocenters. The van der Waals surface area contributed by atoms with Gasteiger partial charge in [-0.2, -0.15) is 8.78 Å². The van der Waals surface area contributed by atoms with Gasteiger partial charge >= 0.3 is 7.32 Å². The van der Waals surface area contributed by atoms with Crippen molar-refractivity contribution in [3.63, 3.8) is 0 Å². The van der Waals surface area contributed by atoms with Gasteiger partial charge in [0.1, 0.15) is 11.5 Å². The first kappa shape index (κ1) is 22.0. The van der Waals surface area contributed by atoms with Crippen LogP contribution in [-0.4, -0.2) is 7.32 Å². The van der Waals surface area contributed by atoms with Crippen LogP contribution in [0.1, 0.15) is 11.1 Å². The molecule has 31 heavy (non-hydrogen) atoms. The summed E-state index contributed by atoms with van der Waals surface area (Å²) in [4.78, 5) is 0. The molecule has 0 aliphatic rings. The molecule has 0 fully saturated rings. The topological polar surface area (TPSA) is 27.7 Å². The minimum absolute atomic E-state index is 0.141. The lowest BCUT2D eigenvalue weighted by molar-refractivity contribution is 0.278. The summed E-state index contributed by atoms with van der Waals surface area (Å²) in [6.45, 7) is 7.22. The lowest BCUT2D eigenvalue weighted by atomic mass is 10.1. The second-order valence-electron chi connectivity index (χ2n) is 6.09. The predicted molar refractivity (Wildman–Crippen MR) is 107 cm³/mol. The third-order valence-electron chi connectivity index (χ3n) is 4.08. The Bertz CT molecular complexity index is 1020. The normalized spacial score (nSPS) is 10.4. The van der Waals surface area contributed by atoms with E-state index in [1.54, 1.807) is 36.4 Å². The Morgan fingerprint density at radius 2 is 0.903 bits per heavy atom. The fourth-order valence-electron chi connectivity index (χ4n) is 2.44. The summed E-state index contributed by atoms with van der Waals surface area (Å²) in [7, 11) is -1.89. The summed E-state index contributed by atoms with van der Waals surface area (Å²) >= 11 is 0. The molecule has 0 saturated heterocycles. The third kappa shape index (κ3) is 4.88. The van der Waals surface area contributed by atoms with Gasteiger partial charge in [-0.15, -0.1) is 0 Å². The van der Waals surface area contributed by atoms with E-state index in [1.807, 2.05) is 0 Å². The number of hydrogen-bond donors (Lipinski definition) is 0. The molecule has 3 aromatic carbocycles. The first-order valence-corrected chi connectivity index (χ1v) is 8.80. The van der Waals surface area contributed by atoms with Gasteiger partial charge in [0.15, 0.2) is 5.75 Å². The summed E-state index contributed by atoms with van der Waals surface area (Å²) in [6, 6.07) is 12.4. The third-order valence-corrected chi connectivity index (χ3v) is 4.08. The second kappa shape index (κ2) is 9.38. The molecule has 3 aromatic rings. The van der Waals surface area contributed by atoms with Crippen LogP contribution < -0.4 is 14.0 Å². The fourth-order valence-corrected chi connectivity index (χ4v) is 2.44. The molecule has 3 rings (SSSR count). The molecule has 0 unspecified atom stereocenters. The molecule has 0 aliphatic carbocycles. The van der Waals surface area contributed by atoms with Gasteiger partial charge in [0, 0.05) is 0 Å². The summed E-state index contributed by atoms with van der Waals surface area (Å²) < 4.78 is 84.3. The maximum Gasteiger partial charge on any atom is 0.864 e. The van der Waals surface area contributed by atoms with E-state index in [0.717, 1.165) is 11.1 Å². The van der Waals surface area contributed by atoms with Crippen LogP contribution >= 0.6 is 0 Å². The minimum Gasteiger partial charge on any atom is -0.490 e. The van der Waals surface area contributed by atoms with E-state index in [-0.39, 0.29) is 11.5 Å². The van der Waals surface area contributed by atoms with Gasteiger partial charge in [0.25, 0.3) is 0 Å². The van der Waals surface area contributed by atoms with Crippen LogP contribution in [0.25, 0.3) is 12.2 Å². The highest BCUT2D eigenvalue weighted by molar-refractivity contribution is 6.39. The number of benzene rings is 3. The lowest BCUT2D eigenvalue weighted by Gasteiger charge is -2.18. The molecule has 0 aliphatic heterocycles. The van der Waals surface area contributed by atoms with Crippen LogP contribution in [0.3, 0.4) is 0 Å².